The summed E-state index contributed by atoms with van der Waals surface area (Å²) < 4.78 is 16.6. The molecule has 0 saturated heterocycles. The molecule has 1 N–H and O–H groups in total. The molecule has 0 fully saturated rings. The second-order valence-electron chi connectivity index (χ2n) is 7.81. The maximum atomic E-state index is 12.9. The summed E-state index contributed by atoms with van der Waals surface area (Å²) in [6.45, 7) is 1.38. The van der Waals surface area contributed by atoms with Crippen molar-refractivity contribution in [3.8, 4) is 11.5 Å². The van der Waals surface area contributed by atoms with Gasteiger partial charge in [-0.3, -0.25) is 4.79 Å². The highest BCUT2D eigenvalue weighted by Gasteiger charge is 2.23. The first kappa shape index (κ1) is 24.0. The Hall–Kier alpha value is -4.10. The SMILES string of the molecule is CC(=O)NC(Cc1ccccc1)C(=O)Oc1ccc2c(COc3ccccc3)c(Cl)c(=O)oc2c1. The first-order valence-electron chi connectivity index (χ1n) is 10.9. The number of hydrogen-bond acceptors (Lipinski definition) is 6. The van der Waals surface area contributed by atoms with E-state index in [1.54, 1.807) is 24.3 Å². The number of halogens is 1. The zero-order valence-electron chi connectivity index (χ0n) is 18.8. The lowest BCUT2D eigenvalue weighted by atomic mass is 10.1. The van der Waals surface area contributed by atoms with Crippen LogP contribution in [0, 0.1) is 0 Å². The zero-order chi connectivity index (χ0) is 24.8. The van der Waals surface area contributed by atoms with Crippen LogP contribution < -0.4 is 20.4 Å². The maximum Gasteiger partial charge on any atom is 0.355 e. The van der Waals surface area contributed by atoms with E-state index in [4.69, 9.17) is 25.5 Å². The highest BCUT2D eigenvalue weighted by atomic mass is 35.5. The summed E-state index contributed by atoms with van der Waals surface area (Å²) in [5.74, 6) is -0.221. The summed E-state index contributed by atoms with van der Waals surface area (Å²) in [5, 5.41) is 3.09. The monoisotopic (exact) mass is 491 g/mol. The largest absolute Gasteiger partial charge is 0.489 e. The molecule has 0 radical (unpaired) electrons. The van der Waals surface area contributed by atoms with Crippen LogP contribution in [-0.2, 0) is 22.6 Å². The smallest absolute Gasteiger partial charge is 0.355 e. The molecule has 0 aliphatic carbocycles. The molecule has 1 atom stereocenters. The highest BCUT2D eigenvalue weighted by Crippen LogP contribution is 2.28. The van der Waals surface area contributed by atoms with Crippen molar-refractivity contribution in [2.45, 2.75) is 26.0 Å². The summed E-state index contributed by atoms with van der Waals surface area (Å²) in [7, 11) is 0. The summed E-state index contributed by atoms with van der Waals surface area (Å²) in [5.41, 5.74) is 0.787. The van der Waals surface area contributed by atoms with Crippen LogP contribution in [0.5, 0.6) is 11.5 Å². The number of para-hydroxylation sites is 1. The average Bonchev–Trinajstić information content (AvgIpc) is 2.85. The lowest BCUT2D eigenvalue weighted by Crippen LogP contribution is -2.43. The molecule has 4 rings (SSSR count). The summed E-state index contributed by atoms with van der Waals surface area (Å²) >= 11 is 6.22. The number of carbonyl (C=O) groups is 2. The number of rotatable bonds is 8. The molecule has 0 aliphatic rings. The van der Waals surface area contributed by atoms with Gasteiger partial charge >= 0.3 is 11.6 Å². The standard InChI is InChI=1S/C27H22ClNO6/c1-17(30)29-23(14-18-8-4-2-5-9-18)26(31)34-20-12-13-21-22(16-33-19-10-6-3-7-11-19)25(28)27(32)35-24(21)15-20/h2-13,15,23H,14,16H2,1H3,(H,29,30). The van der Waals surface area contributed by atoms with Gasteiger partial charge in [-0.1, -0.05) is 60.1 Å². The van der Waals surface area contributed by atoms with Crippen molar-refractivity contribution in [1.82, 2.24) is 5.32 Å². The molecule has 0 spiro atoms. The third kappa shape index (κ3) is 6.07. The first-order chi connectivity index (χ1) is 16.9. The van der Waals surface area contributed by atoms with Crippen molar-refractivity contribution in [1.29, 1.82) is 0 Å². The Bertz CT molecular complexity index is 1400. The van der Waals surface area contributed by atoms with Gasteiger partial charge in [-0.2, -0.15) is 0 Å². The van der Waals surface area contributed by atoms with Gasteiger partial charge in [0.15, 0.2) is 0 Å². The number of carbonyl (C=O) groups excluding carboxylic acids is 2. The van der Waals surface area contributed by atoms with E-state index < -0.39 is 17.6 Å². The van der Waals surface area contributed by atoms with E-state index in [1.165, 1.54) is 13.0 Å². The summed E-state index contributed by atoms with van der Waals surface area (Å²) in [6, 6.07) is 22.1. The number of fused-ring (bicyclic) bond motifs is 1. The van der Waals surface area contributed by atoms with Crippen LogP contribution in [0.2, 0.25) is 5.02 Å². The van der Waals surface area contributed by atoms with Crippen LogP contribution >= 0.6 is 11.6 Å². The first-order valence-corrected chi connectivity index (χ1v) is 11.2. The number of ether oxygens (including phenoxy) is 2. The van der Waals surface area contributed by atoms with Crippen molar-refractivity contribution >= 4 is 34.4 Å². The molecule has 1 unspecified atom stereocenters. The van der Waals surface area contributed by atoms with Gasteiger partial charge in [0.05, 0.1) is 0 Å². The maximum absolute atomic E-state index is 12.9. The Morgan fingerprint density at radius 3 is 2.34 bits per heavy atom. The van der Waals surface area contributed by atoms with E-state index in [-0.39, 0.29) is 35.3 Å². The Kier molecular flexibility index (Phi) is 7.48. The second-order valence-corrected chi connectivity index (χ2v) is 8.18. The van der Waals surface area contributed by atoms with Crippen molar-refractivity contribution in [2.24, 2.45) is 0 Å². The van der Waals surface area contributed by atoms with Crippen LogP contribution in [0.25, 0.3) is 11.0 Å². The molecule has 178 valence electrons. The van der Waals surface area contributed by atoms with Gasteiger partial charge in [0, 0.05) is 30.4 Å². The minimum atomic E-state index is -0.891. The number of nitrogens with one attached hydrogen (secondary N) is 1. The second kappa shape index (κ2) is 10.9. The molecule has 4 aromatic rings. The lowest BCUT2D eigenvalue weighted by Gasteiger charge is -2.17. The Morgan fingerprint density at radius 2 is 1.66 bits per heavy atom. The van der Waals surface area contributed by atoms with Gasteiger partial charge in [-0.15, -0.1) is 0 Å². The van der Waals surface area contributed by atoms with E-state index in [9.17, 15) is 14.4 Å². The predicted octanol–water partition coefficient (Wildman–Crippen LogP) is 4.68. The zero-order valence-corrected chi connectivity index (χ0v) is 19.6. The van der Waals surface area contributed by atoms with Crippen LogP contribution in [0.1, 0.15) is 18.1 Å². The Morgan fingerprint density at radius 1 is 0.971 bits per heavy atom. The highest BCUT2D eigenvalue weighted by molar-refractivity contribution is 6.31. The normalized spacial score (nSPS) is 11.6. The molecular formula is C27H22ClNO6. The fraction of sp³-hybridized carbons (Fsp3) is 0.148. The Balaban J connectivity index is 1.57. The van der Waals surface area contributed by atoms with Crippen LogP contribution in [0.15, 0.2) is 88.1 Å². The molecule has 0 aliphatic heterocycles. The average molecular weight is 492 g/mol. The van der Waals surface area contributed by atoms with E-state index in [0.717, 1.165) is 5.56 Å². The van der Waals surface area contributed by atoms with Gasteiger partial charge in [-0.05, 0) is 29.8 Å². The molecule has 0 saturated carbocycles. The molecule has 3 aromatic carbocycles. The van der Waals surface area contributed by atoms with Crippen molar-refractivity contribution < 1.29 is 23.5 Å². The number of hydrogen-bond donors (Lipinski definition) is 1. The topological polar surface area (TPSA) is 94.8 Å². The van der Waals surface area contributed by atoms with E-state index >= 15 is 0 Å². The van der Waals surface area contributed by atoms with Crippen LogP contribution in [0.4, 0.5) is 0 Å². The molecule has 7 nitrogen and oxygen atoms in total. The van der Waals surface area contributed by atoms with Crippen molar-refractivity contribution in [3.05, 3.63) is 105 Å². The summed E-state index contributed by atoms with van der Waals surface area (Å²) in [6.07, 6.45) is 0.262. The van der Waals surface area contributed by atoms with E-state index in [0.29, 0.717) is 16.7 Å². The molecule has 8 heteroatoms. The molecule has 1 amide bonds. The quantitative estimate of drug-likeness (QED) is 0.218. The lowest BCUT2D eigenvalue weighted by molar-refractivity contribution is -0.139. The van der Waals surface area contributed by atoms with Crippen molar-refractivity contribution in [2.75, 3.05) is 0 Å². The molecule has 1 heterocycles. The van der Waals surface area contributed by atoms with E-state index in [2.05, 4.69) is 5.32 Å². The van der Waals surface area contributed by atoms with Gasteiger partial charge < -0.3 is 19.2 Å². The third-order valence-electron chi connectivity index (χ3n) is 5.21. The molecule has 0 bridgehead atoms. The van der Waals surface area contributed by atoms with Gasteiger partial charge in [0.2, 0.25) is 5.91 Å². The number of esters is 1. The van der Waals surface area contributed by atoms with E-state index in [1.807, 2.05) is 48.5 Å². The predicted molar refractivity (Wildman–Crippen MR) is 132 cm³/mol. The Labute approximate surface area is 206 Å². The number of benzene rings is 3. The molecular weight excluding hydrogens is 470 g/mol. The van der Waals surface area contributed by atoms with Crippen molar-refractivity contribution in [3.63, 3.8) is 0 Å². The minimum Gasteiger partial charge on any atom is -0.489 e. The van der Waals surface area contributed by atoms with Gasteiger partial charge in [0.1, 0.15) is 34.8 Å². The number of amides is 1. The molecule has 1 aromatic heterocycles. The summed E-state index contributed by atoms with van der Waals surface area (Å²) in [4.78, 5) is 36.8. The third-order valence-corrected chi connectivity index (χ3v) is 5.60. The molecule has 35 heavy (non-hydrogen) atoms. The van der Waals surface area contributed by atoms with Crippen LogP contribution in [0.3, 0.4) is 0 Å². The fourth-order valence-electron chi connectivity index (χ4n) is 3.58. The van der Waals surface area contributed by atoms with Gasteiger partial charge in [0.25, 0.3) is 0 Å². The minimum absolute atomic E-state index is 0.0474. The van der Waals surface area contributed by atoms with Gasteiger partial charge in [-0.25, -0.2) is 9.59 Å². The fourth-order valence-corrected chi connectivity index (χ4v) is 3.77. The van der Waals surface area contributed by atoms with Crippen LogP contribution in [-0.4, -0.2) is 17.9 Å².